The minimum Gasteiger partial charge on any atom is -0.291 e. The molecule has 2 aliphatic heterocycles. The largest absolute Gasteiger partial charge is 0.291 e. The van der Waals surface area contributed by atoms with E-state index < -0.39 is 22.2 Å². The molecule has 4 heterocycles. The molecule has 2 aromatic rings. The van der Waals surface area contributed by atoms with Crippen molar-refractivity contribution < 1.29 is 9.85 Å². The van der Waals surface area contributed by atoms with Gasteiger partial charge in [0.1, 0.15) is 10.3 Å². The lowest BCUT2D eigenvalue weighted by molar-refractivity contribution is -0.434. The highest BCUT2D eigenvalue weighted by atomic mass is 35.5. The smallest absolute Gasteiger partial charge is 0.274 e. The van der Waals surface area contributed by atoms with Crippen molar-refractivity contribution >= 4 is 23.2 Å². The Morgan fingerprint density at radius 1 is 0.865 bits per heavy atom. The van der Waals surface area contributed by atoms with Gasteiger partial charge in [0.15, 0.2) is 12.3 Å². The fourth-order valence-electron chi connectivity index (χ4n) is 4.47. The maximum absolute atomic E-state index is 11.9. The SMILES string of the molecule is O=[N+]([O-])/C(=C\C/C=C(/C1NCCN1Cc1ccc(Cl)nc1)[N+](=O)[O-])C1NCCN1Cc1ccc(Cl)nc1. The molecule has 196 valence electrons. The average molecular weight is 549 g/mol. The van der Waals surface area contributed by atoms with E-state index in [9.17, 15) is 20.2 Å². The van der Waals surface area contributed by atoms with E-state index in [-0.39, 0.29) is 17.8 Å². The molecule has 2 fully saturated rings. The van der Waals surface area contributed by atoms with Crippen molar-refractivity contribution in [3.05, 3.63) is 102 Å². The molecular weight excluding hydrogens is 523 g/mol. The van der Waals surface area contributed by atoms with Crippen LogP contribution in [-0.4, -0.2) is 68.1 Å². The molecule has 12 nitrogen and oxygen atoms in total. The van der Waals surface area contributed by atoms with Crippen LogP contribution in [0.2, 0.25) is 10.3 Å². The maximum atomic E-state index is 11.9. The van der Waals surface area contributed by atoms with Crippen LogP contribution in [0.15, 0.2) is 60.2 Å². The van der Waals surface area contributed by atoms with Gasteiger partial charge in [-0.2, -0.15) is 0 Å². The van der Waals surface area contributed by atoms with Crippen LogP contribution in [0.5, 0.6) is 0 Å². The molecule has 4 rings (SSSR count). The van der Waals surface area contributed by atoms with E-state index in [4.69, 9.17) is 23.2 Å². The van der Waals surface area contributed by atoms with E-state index in [1.807, 2.05) is 21.9 Å². The zero-order valence-electron chi connectivity index (χ0n) is 19.8. The minimum atomic E-state index is -0.628. The van der Waals surface area contributed by atoms with Gasteiger partial charge in [-0.15, -0.1) is 0 Å². The van der Waals surface area contributed by atoms with E-state index in [2.05, 4.69) is 20.6 Å². The van der Waals surface area contributed by atoms with E-state index >= 15 is 0 Å². The summed E-state index contributed by atoms with van der Waals surface area (Å²) in [4.78, 5) is 35.0. The van der Waals surface area contributed by atoms with Gasteiger partial charge in [0.2, 0.25) is 0 Å². The predicted molar refractivity (Wildman–Crippen MR) is 138 cm³/mol. The second-order valence-electron chi connectivity index (χ2n) is 8.64. The first-order chi connectivity index (χ1) is 17.8. The van der Waals surface area contributed by atoms with Gasteiger partial charge in [-0.3, -0.25) is 40.7 Å². The van der Waals surface area contributed by atoms with Crippen molar-refractivity contribution in [1.82, 2.24) is 30.4 Å². The maximum Gasteiger partial charge on any atom is 0.274 e. The van der Waals surface area contributed by atoms with E-state index in [1.54, 1.807) is 24.5 Å². The Labute approximate surface area is 223 Å². The molecule has 0 aliphatic carbocycles. The number of halogens is 2. The molecule has 0 amide bonds. The van der Waals surface area contributed by atoms with Gasteiger partial charge < -0.3 is 0 Å². The normalized spacial score (nSPS) is 21.5. The number of hydrogen-bond donors (Lipinski definition) is 2. The molecule has 37 heavy (non-hydrogen) atoms. The van der Waals surface area contributed by atoms with E-state index in [1.165, 1.54) is 12.2 Å². The van der Waals surface area contributed by atoms with Crippen LogP contribution in [0.25, 0.3) is 0 Å². The molecule has 2 aliphatic rings. The van der Waals surface area contributed by atoms with E-state index in [0.29, 0.717) is 49.6 Å². The summed E-state index contributed by atoms with van der Waals surface area (Å²) in [6.45, 7) is 3.26. The second kappa shape index (κ2) is 12.5. The Balaban J connectivity index is 1.48. The molecule has 0 radical (unpaired) electrons. The van der Waals surface area contributed by atoms with Crippen LogP contribution in [-0.2, 0) is 13.1 Å². The third kappa shape index (κ3) is 7.06. The minimum absolute atomic E-state index is 0.0374. The number of allylic oxidation sites excluding steroid dienone is 2. The Morgan fingerprint density at radius 3 is 1.65 bits per heavy atom. The van der Waals surface area contributed by atoms with Gasteiger partial charge >= 0.3 is 0 Å². The van der Waals surface area contributed by atoms with Crippen molar-refractivity contribution in [1.29, 1.82) is 0 Å². The van der Waals surface area contributed by atoms with Crippen LogP contribution in [0, 0.1) is 20.2 Å². The zero-order valence-corrected chi connectivity index (χ0v) is 21.3. The van der Waals surface area contributed by atoms with Crippen molar-refractivity contribution in [3.8, 4) is 0 Å². The third-order valence-electron chi connectivity index (χ3n) is 6.19. The van der Waals surface area contributed by atoms with Gasteiger partial charge in [-0.05, 0) is 41.8 Å². The van der Waals surface area contributed by atoms with Gasteiger partial charge in [-0.25, -0.2) is 9.97 Å². The fraction of sp³-hybridized carbons (Fsp3) is 0.391. The van der Waals surface area contributed by atoms with Crippen LogP contribution in [0.1, 0.15) is 17.5 Å². The summed E-state index contributed by atoms with van der Waals surface area (Å²) in [7, 11) is 0. The first kappa shape index (κ1) is 27.0. The molecule has 2 atom stereocenters. The summed E-state index contributed by atoms with van der Waals surface area (Å²) >= 11 is 11.7. The number of nitrogens with one attached hydrogen (secondary N) is 2. The van der Waals surface area contributed by atoms with Gasteiger partial charge in [0.25, 0.3) is 11.4 Å². The van der Waals surface area contributed by atoms with Crippen LogP contribution < -0.4 is 10.6 Å². The lowest BCUT2D eigenvalue weighted by Gasteiger charge is -2.22. The van der Waals surface area contributed by atoms with Gasteiger partial charge in [0.05, 0.1) is 9.85 Å². The topological polar surface area (TPSA) is 143 Å². The summed E-state index contributed by atoms with van der Waals surface area (Å²) < 4.78 is 0. The molecule has 0 saturated carbocycles. The Kier molecular flexibility index (Phi) is 9.14. The number of pyridine rings is 2. The second-order valence-corrected chi connectivity index (χ2v) is 9.42. The number of nitrogens with zero attached hydrogens (tertiary/aromatic N) is 6. The number of aromatic nitrogens is 2. The molecule has 2 N–H and O–H groups in total. The summed E-state index contributed by atoms with van der Waals surface area (Å²) in [6.07, 6.45) is 4.92. The summed E-state index contributed by atoms with van der Waals surface area (Å²) in [5, 5.41) is 30.9. The standard InChI is InChI=1S/C23H26Cl2N8O4/c24-20-6-4-16(12-28-20)14-30-10-8-26-22(30)18(32(34)35)2-1-3-19(33(36)37)23-27-9-11-31(23)15-17-5-7-21(25)29-13-17/h2-7,12-13,22-23,26-27H,1,8-11,14-15H2/b18-2-,19-3-. The summed E-state index contributed by atoms with van der Waals surface area (Å²) in [5.74, 6) is 0. The van der Waals surface area contributed by atoms with Crippen molar-refractivity contribution in [3.63, 3.8) is 0 Å². The monoisotopic (exact) mass is 548 g/mol. The lowest BCUT2D eigenvalue weighted by Crippen LogP contribution is -2.39. The fourth-order valence-corrected chi connectivity index (χ4v) is 4.70. The molecule has 2 saturated heterocycles. The molecule has 0 bridgehead atoms. The van der Waals surface area contributed by atoms with E-state index in [0.717, 1.165) is 11.1 Å². The summed E-state index contributed by atoms with van der Waals surface area (Å²) in [5.41, 5.74) is 1.64. The third-order valence-corrected chi connectivity index (χ3v) is 6.64. The Morgan fingerprint density at radius 2 is 1.30 bits per heavy atom. The quantitative estimate of drug-likeness (QED) is 0.258. The molecule has 14 heteroatoms. The Hall–Kier alpha value is -3.00. The molecular formula is C23H26Cl2N8O4. The number of nitro groups is 2. The molecule has 2 aromatic heterocycles. The van der Waals surface area contributed by atoms with Gasteiger partial charge in [-0.1, -0.05) is 35.3 Å². The first-order valence-electron chi connectivity index (χ1n) is 11.7. The van der Waals surface area contributed by atoms with Crippen molar-refractivity contribution in [2.24, 2.45) is 0 Å². The lowest BCUT2D eigenvalue weighted by atomic mass is 10.2. The molecule has 0 aromatic carbocycles. The van der Waals surface area contributed by atoms with Crippen molar-refractivity contribution in [2.75, 3.05) is 26.2 Å². The predicted octanol–water partition coefficient (Wildman–Crippen LogP) is 2.66. The first-order valence-corrected chi connectivity index (χ1v) is 12.4. The molecule has 2 unspecified atom stereocenters. The van der Waals surface area contributed by atoms with Crippen molar-refractivity contribution in [2.45, 2.75) is 31.8 Å². The number of rotatable bonds is 10. The highest BCUT2D eigenvalue weighted by molar-refractivity contribution is 6.29. The average Bonchev–Trinajstić information content (AvgIpc) is 3.51. The number of hydrogen-bond acceptors (Lipinski definition) is 10. The Bertz CT molecular complexity index is 1080. The highest BCUT2D eigenvalue weighted by Crippen LogP contribution is 2.21. The zero-order chi connectivity index (χ0) is 26.4. The van der Waals surface area contributed by atoms with Crippen LogP contribution in [0.3, 0.4) is 0 Å². The summed E-state index contributed by atoms with van der Waals surface area (Å²) in [6, 6.07) is 7.00. The molecule has 0 spiro atoms. The van der Waals surface area contributed by atoms with Gasteiger partial charge in [0, 0.05) is 51.7 Å². The van der Waals surface area contributed by atoms with Crippen LogP contribution >= 0.6 is 23.2 Å². The van der Waals surface area contributed by atoms with Crippen LogP contribution in [0.4, 0.5) is 0 Å². The highest BCUT2D eigenvalue weighted by Gasteiger charge is 2.36.